The van der Waals surface area contributed by atoms with E-state index >= 15 is 0 Å². The fourth-order valence-corrected chi connectivity index (χ4v) is 2.62. The van der Waals surface area contributed by atoms with Crippen LogP contribution < -0.4 is 14.8 Å². The van der Waals surface area contributed by atoms with Gasteiger partial charge in [0.1, 0.15) is 11.5 Å². The highest BCUT2D eigenvalue weighted by Gasteiger charge is 2.10. The number of hydrogen-bond donors (Lipinski definition) is 1. The highest BCUT2D eigenvalue weighted by molar-refractivity contribution is 9.10. The Bertz CT molecular complexity index is 584. The number of ether oxygens (including phenoxy) is 2. The summed E-state index contributed by atoms with van der Waals surface area (Å²) < 4.78 is 11.5. The van der Waals surface area contributed by atoms with Gasteiger partial charge in [-0.2, -0.15) is 0 Å². The van der Waals surface area contributed by atoms with Crippen LogP contribution in [0.5, 0.6) is 11.5 Å². The van der Waals surface area contributed by atoms with Crippen LogP contribution in [0.25, 0.3) is 0 Å². The summed E-state index contributed by atoms with van der Waals surface area (Å²) >= 11 is 3.47. The van der Waals surface area contributed by atoms with Crippen LogP contribution in [0.15, 0.2) is 46.9 Å². The molecule has 112 valence electrons. The van der Waals surface area contributed by atoms with Crippen LogP contribution >= 0.6 is 15.9 Å². The van der Waals surface area contributed by atoms with Gasteiger partial charge in [-0.1, -0.05) is 19.1 Å². The molecule has 1 N–H and O–H groups in total. The molecule has 2 aromatic rings. The molecule has 0 spiro atoms. The van der Waals surface area contributed by atoms with E-state index in [1.807, 2.05) is 30.3 Å². The SMILES string of the molecule is CCC(Nc1ccc(Br)c(OC)c1)c1ccc(OC)cc1. The van der Waals surface area contributed by atoms with Gasteiger partial charge >= 0.3 is 0 Å². The third kappa shape index (κ3) is 3.91. The molecule has 1 atom stereocenters. The minimum absolute atomic E-state index is 0.252. The molecule has 1 unspecified atom stereocenters. The van der Waals surface area contributed by atoms with Crippen LogP contribution in [0.2, 0.25) is 0 Å². The van der Waals surface area contributed by atoms with E-state index in [2.05, 4.69) is 40.3 Å². The summed E-state index contributed by atoms with van der Waals surface area (Å²) in [5.74, 6) is 1.70. The summed E-state index contributed by atoms with van der Waals surface area (Å²) in [7, 11) is 3.35. The van der Waals surface area contributed by atoms with Crippen molar-refractivity contribution in [2.75, 3.05) is 19.5 Å². The normalized spacial score (nSPS) is 11.8. The fourth-order valence-electron chi connectivity index (χ4n) is 2.21. The van der Waals surface area contributed by atoms with Gasteiger partial charge in [-0.15, -0.1) is 0 Å². The summed E-state index contributed by atoms with van der Waals surface area (Å²) in [4.78, 5) is 0. The monoisotopic (exact) mass is 349 g/mol. The molecular weight excluding hydrogens is 330 g/mol. The summed E-state index contributed by atoms with van der Waals surface area (Å²) in [6.45, 7) is 2.16. The standard InChI is InChI=1S/C17H20BrNO2/c1-4-16(12-5-8-14(20-2)9-6-12)19-13-7-10-15(18)17(11-13)21-3/h5-11,16,19H,4H2,1-3H3. The predicted molar refractivity (Wildman–Crippen MR) is 90.3 cm³/mol. The zero-order valence-electron chi connectivity index (χ0n) is 12.5. The number of hydrogen-bond acceptors (Lipinski definition) is 3. The Morgan fingerprint density at radius 1 is 1.05 bits per heavy atom. The van der Waals surface area contributed by atoms with Gasteiger partial charge in [0, 0.05) is 11.8 Å². The van der Waals surface area contributed by atoms with Crippen LogP contribution in [0, 0.1) is 0 Å². The largest absolute Gasteiger partial charge is 0.497 e. The van der Waals surface area contributed by atoms with Crippen molar-refractivity contribution in [2.45, 2.75) is 19.4 Å². The van der Waals surface area contributed by atoms with Gasteiger partial charge in [-0.25, -0.2) is 0 Å². The first-order valence-corrected chi connectivity index (χ1v) is 7.71. The average molecular weight is 350 g/mol. The zero-order chi connectivity index (χ0) is 15.2. The number of halogens is 1. The van der Waals surface area contributed by atoms with Gasteiger partial charge in [0.15, 0.2) is 0 Å². The number of methoxy groups -OCH3 is 2. The van der Waals surface area contributed by atoms with Crippen molar-refractivity contribution >= 4 is 21.6 Å². The second-order valence-electron chi connectivity index (χ2n) is 4.73. The van der Waals surface area contributed by atoms with Gasteiger partial charge in [0.25, 0.3) is 0 Å². The molecule has 0 saturated carbocycles. The molecule has 0 aliphatic carbocycles. The Morgan fingerprint density at radius 3 is 2.33 bits per heavy atom. The van der Waals surface area contributed by atoms with E-state index in [9.17, 15) is 0 Å². The van der Waals surface area contributed by atoms with E-state index in [1.165, 1.54) is 5.56 Å². The minimum atomic E-state index is 0.252. The summed E-state index contributed by atoms with van der Waals surface area (Å²) in [5, 5.41) is 3.54. The van der Waals surface area contributed by atoms with E-state index in [4.69, 9.17) is 9.47 Å². The Labute approximate surface area is 134 Å². The van der Waals surface area contributed by atoms with Crippen LogP contribution in [0.3, 0.4) is 0 Å². The number of benzene rings is 2. The molecule has 0 amide bonds. The first-order chi connectivity index (χ1) is 10.2. The summed E-state index contributed by atoms with van der Waals surface area (Å²) in [6.07, 6.45) is 0.991. The van der Waals surface area contributed by atoms with Gasteiger partial charge in [-0.3, -0.25) is 0 Å². The second-order valence-corrected chi connectivity index (χ2v) is 5.58. The van der Waals surface area contributed by atoms with Gasteiger partial charge in [0.05, 0.1) is 24.7 Å². The molecule has 0 aliphatic heterocycles. The fraction of sp³-hybridized carbons (Fsp3) is 0.294. The Balaban J connectivity index is 2.18. The molecule has 0 fully saturated rings. The van der Waals surface area contributed by atoms with Crippen LogP contribution in [0.4, 0.5) is 5.69 Å². The summed E-state index contributed by atoms with van der Waals surface area (Å²) in [5.41, 5.74) is 2.28. The maximum Gasteiger partial charge on any atom is 0.135 e. The average Bonchev–Trinajstić information content (AvgIpc) is 2.54. The van der Waals surface area contributed by atoms with Crippen molar-refractivity contribution in [3.05, 3.63) is 52.5 Å². The molecule has 0 heterocycles. The molecule has 0 aliphatic rings. The van der Waals surface area contributed by atoms with Crippen molar-refractivity contribution in [3.8, 4) is 11.5 Å². The lowest BCUT2D eigenvalue weighted by molar-refractivity contribution is 0.412. The molecule has 0 bridgehead atoms. The Kier molecular flexibility index (Phi) is 5.51. The number of rotatable bonds is 6. The van der Waals surface area contributed by atoms with Crippen LogP contribution in [0.1, 0.15) is 24.9 Å². The second kappa shape index (κ2) is 7.36. The third-order valence-corrected chi connectivity index (χ3v) is 4.07. The molecule has 4 heteroatoms. The summed E-state index contributed by atoms with van der Waals surface area (Å²) in [6, 6.07) is 14.4. The van der Waals surface area contributed by atoms with E-state index in [0.717, 1.165) is 28.1 Å². The molecule has 0 saturated heterocycles. The predicted octanol–water partition coefficient (Wildman–Crippen LogP) is 5.03. The Hall–Kier alpha value is -1.68. The maximum atomic E-state index is 5.33. The van der Waals surface area contributed by atoms with E-state index in [0.29, 0.717) is 0 Å². The van der Waals surface area contributed by atoms with Crippen molar-refractivity contribution in [2.24, 2.45) is 0 Å². The lowest BCUT2D eigenvalue weighted by atomic mass is 10.0. The lowest BCUT2D eigenvalue weighted by Gasteiger charge is -2.20. The smallest absolute Gasteiger partial charge is 0.135 e. The maximum absolute atomic E-state index is 5.33. The number of nitrogens with one attached hydrogen (secondary N) is 1. The van der Waals surface area contributed by atoms with Gasteiger partial charge < -0.3 is 14.8 Å². The Morgan fingerprint density at radius 2 is 1.76 bits per heavy atom. The molecule has 0 aromatic heterocycles. The molecule has 21 heavy (non-hydrogen) atoms. The highest BCUT2D eigenvalue weighted by Crippen LogP contribution is 2.30. The molecule has 3 nitrogen and oxygen atoms in total. The van der Waals surface area contributed by atoms with Crippen molar-refractivity contribution in [3.63, 3.8) is 0 Å². The third-order valence-electron chi connectivity index (χ3n) is 3.42. The van der Waals surface area contributed by atoms with E-state index in [1.54, 1.807) is 14.2 Å². The van der Waals surface area contributed by atoms with Gasteiger partial charge in [0.2, 0.25) is 0 Å². The van der Waals surface area contributed by atoms with Crippen molar-refractivity contribution in [1.29, 1.82) is 0 Å². The van der Waals surface area contributed by atoms with Gasteiger partial charge in [-0.05, 0) is 52.2 Å². The van der Waals surface area contributed by atoms with Crippen molar-refractivity contribution in [1.82, 2.24) is 0 Å². The van der Waals surface area contributed by atoms with Crippen LogP contribution in [-0.4, -0.2) is 14.2 Å². The molecule has 0 radical (unpaired) electrons. The topological polar surface area (TPSA) is 30.5 Å². The lowest BCUT2D eigenvalue weighted by Crippen LogP contribution is -2.09. The van der Waals surface area contributed by atoms with Crippen LogP contribution in [-0.2, 0) is 0 Å². The minimum Gasteiger partial charge on any atom is -0.497 e. The van der Waals surface area contributed by atoms with Crippen molar-refractivity contribution < 1.29 is 9.47 Å². The first kappa shape index (κ1) is 15.7. The number of anilines is 1. The van der Waals surface area contributed by atoms with E-state index < -0.39 is 0 Å². The molecule has 2 rings (SSSR count). The zero-order valence-corrected chi connectivity index (χ0v) is 14.1. The highest BCUT2D eigenvalue weighted by atomic mass is 79.9. The quantitative estimate of drug-likeness (QED) is 0.793. The first-order valence-electron chi connectivity index (χ1n) is 6.92. The molecule has 2 aromatic carbocycles. The molecular formula is C17H20BrNO2. The van der Waals surface area contributed by atoms with E-state index in [-0.39, 0.29) is 6.04 Å².